The lowest BCUT2D eigenvalue weighted by Gasteiger charge is -2.13. The second kappa shape index (κ2) is 7.73. The molecule has 3 rings (SSSR count). The van der Waals surface area contributed by atoms with Crippen molar-refractivity contribution in [3.63, 3.8) is 0 Å². The molecule has 27 heavy (non-hydrogen) atoms. The molecule has 0 saturated heterocycles. The van der Waals surface area contributed by atoms with Gasteiger partial charge in [0.2, 0.25) is 5.75 Å². The highest BCUT2D eigenvalue weighted by Gasteiger charge is 2.19. The number of hydrogen-bond acceptors (Lipinski definition) is 7. The Morgan fingerprint density at radius 1 is 1.04 bits per heavy atom. The Hall–Kier alpha value is -3.62. The average Bonchev–Trinajstić information content (AvgIpc) is 3.15. The first kappa shape index (κ1) is 18.2. The maximum Gasteiger partial charge on any atom is 0.322 e. The first-order valence-electron chi connectivity index (χ1n) is 7.77. The van der Waals surface area contributed by atoms with Crippen LogP contribution in [0.1, 0.15) is 10.4 Å². The predicted molar refractivity (Wildman–Crippen MR) is 93.7 cm³/mol. The van der Waals surface area contributed by atoms with Crippen molar-refractivity contribution in [1.82, 2.24) is 10.2 Å². The quantitative estimate of drug-likeness (QED) is 0.709. The highest BCUT2D eigenvalue weighted by molar-refractivity contribution is 6.04. The molecule has 1 N–H and O–H groups in total. The number of rotatable bonds is 6. The minimum Gasteiger partial charge on any atom is -0.493 e. The Balaban J connectivity index is 1.85. The number of carbonyl (C=O) groups is 1. The Labute approximate surface area is 153 Å². The summed E-state index contributed by atoms with van der Waals surface area (Å²) in [5.41, 5.74) is 0.355. The zero-order valence-corrected chi connectivity index (χ0v) is 14.8. The predicted octanol–water partition coefficient (Wildman–Crippen LogP) is 3.15. The molecule has 0 spiro atoms. The van der Waals surface area contributed by atoms with E-state index in [1.165, 1.54) is 45.6 Å². The number of amides is 1. The van der Waals surface area contributed by atoms with Gasteiger partial charge >= 0.3 is 6.01 Å². The molecule has 1 amide bonds. The molecule has 140 valence electrons. The van der Waals surface area contributed by atoms with Gasteiger partial charge in [0.15, 0.2) is 11.5 Å². The number of halogens is 1. The number of nitrogens with one attached hydrogen (secondary N) is 1. The molecular formula is C18H16FN3O5. The van der Waals surface area contributed by atoms with E-state index < -0.39 is 11.7 Å². The number of benzene rings is 2. The Kier molecular flexibility index (Phi) is 5.20. The first-order chi connectivity index (χ1) is 13.1. The van der Waals surface area contributed by atoms with Crippen molar-refractivity contribution in [1.29, 1.82) is 0 Å². The Morgan fingerprint density at radius 2 is 1.70 bits per heavy atom. The largest absolute Gasteiger partial charge is 0.493 e. The van der Waals surface area contributed by atoms with E-state index in [9.17, 15) is 9.18 Å². The molecule has 0 bridgehead atoms. The van der Waals surface area contributed by atoms with Crippen molar-refractivity contribution in [2.75, 3.05) is 26.6 Å². The van der Waals surface area contributed by atoms with Crippen LogP contribution in [0.3, 0.4) is 0 Å². The van der Waals surface area contributed by atoms with Crippen molar-refractivity contribution in [3.8, 4) is 28.7 Å². The van der Waals surface area contributed by atoms with Gasteiger partial charge in [-0.05, 0) is 24.3 Å². The van der Waals surface area contributed by atoms with Crippen LogP contribution in [0.5, 0.6) is 17.2 Å². The molecule has 0 saturated carbocycles. The minimum atomic E-state index is -0.544. The van der Waals surface area contributed by atoms with E-state index in [2.05, 4.69) is 15.5 Å². The maximum absolute atomic E-state index is 13.8. The molecule has 3 aromatic rings. The van der Waals surface area contributed by atoms with Crippen molar-refractivity contribution in [3.05, 3.63) is 47.8 Å². The fourth-order valence-electron chi connectivity index (χ4n) is 2.40. The summed E-state index contributed by atoms with van der Waals surface area (Å²) < 4.78 is 34.8. The average molecular weight is 373 g/mol. The third-order valence-corrected chi connectivity index (χ3v) is 3.68. The van der Waals surface area contributed by atoms with Crippen LogP contribution in [-0.4, -0.2) is 37.4 Å². The number of anilines is 1. The zero-order valence-electron chi connectivity index (χ0n) is 14.8. The summed E-state index contributed by atoms with van der Waals surface area (Å²) in [6.45, 7) is 0. The lowest BCUT2D eigenvalue weighted by molar-refractivity contribution is 0.102. The molecule has 0 aliphatic heterocycles. The van der Waals surface area contributed by atoms with Crippen molar-refractivity contribution >= 4 is 11.9 Å². The van der Waals surface area contributed by atoms with E-state index in [4.69, 9.17) is 18.6 Å². The second-order valence-electron chi connectivity index (χ2n) is 5.26. The summed E-state index contributed by atoms with van der Waals surface area (Å²) in [5.74, 6) is -0.106. The standard InChI is InChI=1S/C18H16FN3O5/c1-24-13-8-10(9-14(25-2)15(13)26-3)16(23)20-18-22-21-17(27-18)11-6-4-5-7-12(11)19/h4-9H,1-3H3,(H,20,22,23). The number of nitrogens with zero attached hydrogens (tertiary/aromatic N) is 2. The van der Waals surface area contributed by atoms with Gasteiger partial charge in [-0.25, -0.2) is 4.39 Å². The van der Waals surface area contributed by atoms with Crippen LogP contribution in [0.25, 0.3) is 11.5 Å². The summed E-state index contributed by atoms with van der Waals surface area (Å²) in [6, 6.07) is 8.72. The summed E-state index contributed by atoms with van der Waals surface area (Å²) >= 11 is 0. The fraction of sp³-hybridized carbons (Fsp3) is 0.167. The van der Waals surface area contributed by atoms with Crippen LogP contribution >= 0.6 is 0 Å². The van der Waals surface area contributed by atoms with Crippen LogP contribution < -0.4 is 19.5 Å². The number of hydrogen-bond donors (Lipinski definition) is 1. The van der Waals surface area contributed by atoms with Crippen LogP contribution in [0.2, 0.25) is 0 Å². The highest BCUT2D eigenvalue weighted by atomic mass is 19.1. The van der Waals surface area contributed by atoms with Crippen molar-refractivity contribution < 1.29 is 27.8 Å². The monoisotopic (exact) mass is 373 g/mol. The molecule has 0 aliphatic rings. The van der Waals surface area contributed by atoms with Gasteiger partial charge in [0.05, 0.1) is 26.9 Å². The van der Waals surface area contributed by atoms with E-state index in [0.717, 1.165) is 0 Å². The number of aromatic nitrogens is 2. The van der Waals surface area contributed by atoms with Gasteiger partial charge < -0.3 is 18.6 Å². The van der Waals surface area contributed by atoms with E-state index in [-0.39, 0.29) is 23.0 Å². The lowest BCUT2D eigenvalue weighted by Crippen LogP contribution is -2.13. The van der Waals surface area contributed by atoms with E-state index in [1.54, 1.807) is 12.1 Å². The van der Waals surface area contributed by atoms with Crippen LogP contribution in [0.4, 0.5) is 10.4 Å². The third kappa shape index (κ3) is 3.66. The van der Waals surface area contributed by atoms with Crippen molar-refractivity contribution in [2.24, 2.45) is 0 Å². The number of methoxy groups -OCH3 is 3. The van der Waals surface area contributed by atoms with Gasteiger partial charge in [-0.2, -0.15) is 0 Å². The normalized spacial score (nSPS) is 10.4. The van der Waals surface area contributed by atoms with Gasteiger partial charge in [0.25, 0.3) is 11.8 Å². The molecule has 0 atom stereocenters. The van der Waals surface area contributed by atoms with Gasteiger partial charge in [-0.3, -0.25) is 10.1 Å². The highest BCUT2D eigenvalue weighted by Crippen LogP contribution is 2.38. The van der Waals surface area contributed by atoms with Gasteiger partial charge in [0.1, 0.15) is 5.82 Å². The number of carbonyl (C=O) groups excluding carboxylic acids is 1. The maximum atomic E-state index is 13.8. The molecule has 1 heterocycles. The van der Waals surface area contributed by atoms with E-state index >= 15 is 0 Å². The molecule has 0 fully saturated rings. The fourth-order valence-corrected chi connectivity index (χ4v) is 2.40. The summed E-state index contributed by atoms with van der Waals surface area (Å²) in [6.07, 6.45) is 0. The molecule has 2 aromatic carbocycles. The number of ether oxygens (including phenoxy) is 3. The molecule has 8 nitrogen and oxygen atoms in total. The molecule has 0 aliphatic carbocycles. The summed E-state index contributed by atoms with van der Waals surface area (Å²) in [5, 5.41) is 9.92. The minimum absolute atomic E-state index is 0.0479. The molecule has 1 aromatic heterocycles. The smallest absolute Gasteiger partial charge is 0.322 e. The molecule has 0 radical (unpaired) electrons. The van der Waals surface area contributed by atoms with Gasteiger partial charge in [-0.15, -0.1) is 5.10 Å². The van der Waals surface area contributed by atoms with E-state index in [0.29, 0.717) is 17.2 Å². The SMILES string of the molecule is COc1cc(C(=O)Nc2nnc(-c3ccccc3F)o2)cc(OC)c1OC. The first-order valence-corrected chi connectivity index (χ1v) is 7.77. The lowest BCUT2D eigenvalue weighted by atomic mass is 10.1. The van der Waals surface area contributed by atoms with Crippen LogP contribution in [0, 0.1) is 5.82 Å². The van der Waals surface area contributed by atoms with E-state index in [1.807, 2.05) is 0 Å². The summed E-state index contributed by atoms with van der Waals surface area (Å²) in [7, 11) is 4.35. The van der Waals surface area contributed by atoms with Gasteiger partial charge in [-0.1, -0.05) is 17.2 Å². The molecule has 9 heteroatoms. The Morgan fingerprint density at radius 3 is 2.30 bits per heavy atom. The van der Waals surface area contributed by atoms with Crippen molar-refractivity contribution in [2.45, 2.75) is 0 Å². The zero-order chi connectivity index (χ0) is 19.4. The van der Waals surface area contributed by atoms with Crippen LogP contribution in [-0.2, 0) is 0 Å². The molecule has 0 unspecified atom stereocenters. The topological polar surface area (TPSA) is 95.7 Å². The Bertz CT molecular complexity index is 948. The summed E-state index contributed by atoms with van der Waals surface area (Å²) in [4.78, 5) is 12.5. The van der Waals surface area contributed by atoms with Gasteiger partial charge in [0, 0.05) is 5.56 Å². The third-order valence-electron chi connectivity index (χ3n) is 3.68. The van der Waals surface area contributed by atoms with Crippen LogP contribution in [0.15, 0.2) is 40.8 Å². The molecular weight excluding hydrogens is 357 g/mol. The second-order valence-corrected chi connectivity index (χ2v) is 5.26.